The Labute approximate surface area is 113 Å². The van der Waals surface area contributed by atoms with Gasteiger partial charge in [-0.2, -0.15) is 0 Å². The van der Waals surface area contributed by atoms with Gasteiger partial charge in [-0.05, 0) is 43.4 Å². The second-order valence-corrected chi connectivity index (χ2v) is 5.15. The van der Waals surface area contributed by atoms with E-state index in [1.807, 2.05) is 13.0 Å². The molecular formula is C15H21NO3. The molecule has 0 radical (unpaired) electrons. The molecule has 0 heterocycles. The molecule has 2 N–H and O–H groups in total. The fraction of sp³-hybridized carbons (Fsp3) is 0.533. The van der Waals surface area contributed by atoms with Crippen LogP contribution in [0.15, 0.2) is 12.1 Å². The van der Waals surface area contributed by atoms with Crippen molar-refractivity contribution in [2.75, 3.05) is 19.5 Å². The number of hydrogen-bond donors (Lipinski definition) is 1. The molecule has 104 valence electrons. The van der Waals surface area contributed by atoms with Crippen LogP contribution in [0.5, 0.6) is 5.75 Å². The minimum atomic E-state index is -0.424. The molecule has 1 aromatic rings. The summed E-state index contributed by atoms with van der Waals surface area (Å²) in [7, 11) is 1.35. The van der Waals surface area contributed by atoms with Gasteiger partial charge in [0.05, 0.1) is 19.3 Å². The van der Waals surface area contributed by atoms with Gasteiger partial charge >= 0.3 is 5.97 Å². The fourth-order valence-corrected chi connectivity index (χ4v) is 2.52. The Hall–Kier alpha value is -1.71. The van der Waals surface area contributed by atoms with Crippen molar-refractivity contribution >= 4 is 11.7 Å². The van der Waals surface area contributed by atoms with Crippen LogP contribution in [0.25, 0.3) is 0 Å². The lowest BCUT2D eigenvalue weighted by atomic mass is 10.1. The number of ether oxygens (including phenoxy) is 2. The Balaban J connectivity index is 2.11. The third kappa shape index (κ3) is 3.19. The Morgan fingerprint density at radius 3 is 2.68 bits per heavy atom. The van der Waals surface area contributed by atoms with Crippen molar-refractivity contribution in [1.29, 1.82) is 0 Å². The molecule has 19 heavy (non-hydrogen) atoms. The highest BCUT2D eigenvalue weighted by Crippen LogP contribution is 2.28. The van der Waals surface area contributed by atoms with Crippen LogP contribution in [0.2, 0.25) is 0 Å². The summed E-state index contributed by atoms with van der Waals surface area (Å²) in [5.74, 6) is 0.908. The van der Waals surface area contributed by atoms with E-state index in [2.05, 4.69) is 0 Å². The summed E-state index contributed by atoms with van der Waals surface area (Å²) >= 11 is 0. The van der Waals surface area contributed by atoms with Crippen molar-refractivity contribution in [2.24, 2.45) is 5.92 Å². The summed E-state index contributed by atoms with van der Waals surface area (Å²) in [6.45, 7) is 2.58. The lowest BCUT2D eigenvalue weighted by molar-refractivity contribution is 0.0601. The highest BCUT2D eigenvalue weighted by atomic mass is 16.5. The first-order chi connectivity index (χ1) is 9.11. The van der Waals surface area contributed by atoms with Gasteiger partial charge in [0.25, 0.3) is 0 Å². The van der Waals surface area contributed by atoms with Crippen LogP contribution >= 0.6 is 0 Å². The quantitative estimate of drug-likeness (QED) is 0.670. The minimum absolute atomic E-state index is 0.379. The molecule has 0 atom stereocenters. The van der Waals surface area contributed by atoms with Crippen molar-refractivity contribution in [3.63, 3.8) is 0 Å². The number of carbonyl (C=O) groups excluding carboxylic acids is 1. The molecule has 4 heteroatoms. The summed E-state index contributed by atoms with van der Waals surface area (Å²) in [5.41, 5.74) is 7.56. The standard InChI is InChI=1S/C15H21NO3/c1-10-7-12(19-9-11-5-3-4-6-11)8-13(14(10)16)15(17)18-2/h7-8,11H,3-6,9,16H2,1-2H3. The van der Waals surface area contributed by atoms with Gasteiger partial charge < -0.3 is 15.2 Å². The van der Waals surface area contributed by atoms with E-state index in [1.54, 1.807) is 6.07 Å². The third-order valence-corrected chi connectivity index (χ3v) is 3.73. The summed E-state index contributed by atoms with van der Waals surface area (Å²) < 4.78 is 10.5. The lowest BCUT2D eigenvalue weighted by Gasteiger charge is -2.14. The highest BCUT2D eigenvalue weighted by Gasteiger charge is 2.17. The van der Waals surface area contributed by atoms with Crippen LogP contribution in [0.1, 0.15) is 41.6 Å². The van der Waals surface area contributed by atoms with E-state index < -0.39 is 5.97 Å². The van der Waals surface area contributed by atoms with Crippen LogP contribution in [-0.2, 0) is 4.74 Å². The molecule has 0 bridgehead atoms. The second kappa shape index (κ2) is 5.95. The molecule has 2 rings (SSSR count). The number of nitrogen functional groups attached to an aromatic ring is 1. The Bertz CT molecular complexity index is 465. The summed E-state index contributed by atoms with van der Waals surface area (Å²) in [4.78, 5) is 11.6. The van der Waals surface area contributed by atoms with E-state index in [4.69, 9.17) is 15.2 Å². The maximum absolute atomic E-state index is 11.6. The van der Waals surface area contributed by atoms with Crippen molar-refractivity contribution in [3.05, 3.63) is 23.3 Å². The zero-order chi connectivity index (χ0) is 13.8. The first-order valence-corrected chi connectivity index (χ1v) is 6.73. The minimum Gasteiger partial charge on any atom is -0.493 e. The number of aryl methyl sites for hydroxylation is 1. The zero-order valence-corrected chi connectivity index (χ0v) is 11.6. The van der Waals surface area contributed by atoms with Gasteiger partial charge in [0, 0.05) is 5.69 Å². The molecule has 0 aliphatic heterocycles. The van der Waals surface area contributed by atoms with Crippen LogP contribution in [-0.4, -0.2) is 19.7 Å². The SMILES string of the molecule is COC(=O)c1cc(OCC2CCCC2)cc(C)c1N. The molecule has 1 aliphatic carbocycles. The zero-order valence-electron chi connectivity index (χ0n) is 11.6. The van der Waals surface area contributed by atoms with E-state index in [1.165, 1.54) is 32.8 Å². The third-order valence-electron chi connectivity index (χ3n) is 3.73. The number of benzene rings is 1. The van der Waals surface area contributed by atoms with E-state index >= 15 is 0 Å². The molecule has 1 aromatic carbocycles. The van der Waals surface area contributed by atoms with E-state index in [0.29, 0.717) is 29.5 Å². The van der Waals surface area contributed by atoms with Crippen molar-refractivity contribution < 1.29 is 14.3 Å². The lowest BCUT2D eigenvalue weighted by Crippen LogP contribution is -2.11. The molecular weight excluding hydrogens is 242 g/mol. The first kappa shape index (κ1) is 13.7. The number of anilines is 1. The predicted molar refractivity (Wildman–Crippen MR) is 74.4 cm³/mol. The van der Waals surface area contributed by atoms with Gasteiger partial charge in [-0.1, -0.05) is 12.8 Å². The molecule has 0 unspecified atom stereocenters. The van der Waals surface area contributed by atoms with Crippen LogP contribution < -0.4 is 10.5 Å². The van der Waals surface area contributed by atoms with E-state index in [9.17, 15) is 4.79 Å². The summed E-state index contributed by atoms with van der Waals surface area (Å²) in [6.07, 6.45) is 5.06. The number of methoxy groups -OCH3 is 1. The Morgan fingerprint density at radius 1 is 1.37 bits per heavy atom. The maximum atomic E-state index is 11.6. The molecule has 0 spiro atoms. The van der Waals surface area contributed by atoms with Crippen LogP contribution in [0.3, 0.4) is 0 Å². The van der Waals surface area contributed by atoms with Crippen molar-refractivity contribution in [3.8, 4) is 5.75 Å². The van der Waals surface area contributed by atoms with Crippen LogP contribution in [0, 0.1) is 12.8 Å². The highest BCUT2D eigenvalue weighted by molar-refractivity contribution is 5.96. The molecule has 4 nitrogen and oxygen atoms in total. The van der Waals surface area contributed by atoms with E-state index in [-0.39, 0.29) is 0 Å². The largest absolute Gasteiger partial charge is 0.493 e. The molecule has 1 fully saturated rings. The second-order valence-electron chi connectivity index (χ2n) is 5.15. The van der Waals surface area contributed by atoms with Gasteiger partial charge in [-0.3, -0.25) is 0 Å². The van der Waals surface area contributed by atoms with E-state index in [0.717, 1.165) is 5.56 Å². The van der Waals surface area contributed by atoms with Gasteiger partial charge in [0.15, 0.2) is 0 Å². The number of carbonyl (C=O) groups is 1. The van der Waals surface area contributed by atoms with Crippen molar-refractivity contribution in [2.45, 2.75) is 32.6 Å². The average molecular weight is 263 g/mol. The molecule has 0 saturated heterocycles. The van der Waals surface area contributed by atoms with Gasteiger partial charge in [0.1, 0.15) is 5.75 Å². The topological polar surface area (TPSA) is 61.5 Å². The smallest absolute Gasteiger partial charge is 0.340 e. The fourth-order valence-electron chi connectivity index (χ4n) is 2.52. The predicted octanol–water partition coefficient (Wildman–Crippen LogP) is 2.93. The maximum Gasteiger partial charge on any atom is 0.340 e. The Kier molecular flexibility index (Phi) is 4.30. The Morgan fingerprint density at radius 2 is 2.05 bits per heavy atom. The van der Waals surface area contributed by atoms with Gasteiger partial charge in [0.2, 0.25) is 0 Å². The number of hydrogen-bond acceptors (Lipinski definition) is 4. The normalized spacial score (nSPS) is 15.5. The number of rotatable bonds is 4. The summed E-state index contributed by atoms with van der Waals surface area (Å²) in [5, 5.41) is 0. The first-order valence-electron chi connectivity index (χ1n) is 6.73. The molecule has 1 aliphatic rings. The molecule has 1 saturated carbocycles. The van der Waals surface area contributed by atoms with Crippen molar-refractivity contribution in [1.82, 2.24) is 0 Å². The number of esters is 1. The summed E-state index contributed by atoms with van der Waals surface area (Å²) in [6, 6.07) is 3.54. The van der Waals surface area contributed by atoms with Gasteiger partial charge in [-0.15, -0.1) is 0 Å². The average Bonchev–Trinajstić information content (AvgIpc) is 2.92. The molecule has 0 amide bonds. The molecule has 0 aromatic heterocycles. The van der Waals surface area contributed by atoms with Gasteiger partial charge in [-0.25, -0.2) is 4.79 Å². The number of nitrogens with two attached hydrogens (primary N) is 1. The monoisotopic (exact) mass is 263 g/mol. The van der Waals surface area contributed by atoms with Crippen LogP contribution in [0.4, 0.5) is 5.69 Å².